The van der Waals surface area contributed by atoms with E-state index < -0.39 is 15.8 Å². The quantitative estimate of drug-likeness (QED) is 0.709. The number of ether oxygens (including phenoxy) is 1. The minimum Gasteiger partial charge on any atom is -0.379 e. The lowest BCUT2D eigenvalue weighted by molar-refractivity contribution is 0.0730. The zero-order valence-corrected chi connectivity index (χ0v) is 15.9. The lowest BCUT2D eigenvalue weighted by atomic mass is 10.2. The summed E-state index contributed by atoms with van der Waals surface area (Å²) in [6.45, 7) is 1.27. The van der Waals surface area contributed by atoms with Gasteiger partial charge >= 0.3 is 0 Å². The Morgan fingerprint density at radius 2 is 1.85 bits per heavy atom. The maximum atomic E-state index is 13.8. The van der Waals surface area contributed by atoms with Crippen molar-refractivity contribution in [2.45, 2.75) is 4.90 Å². The van der Waals surface area contributed by atoms with Crippen LogP contribution in [-0.4, -0.2) is 45.2 Å². The molecule has 1 aliphatic rings. The molecule has 3 rings (SSSR count). The van der Waals surface area contributed by atoms with E-state index in [1.165, 1.54) is 46.9 Å². The molecule has 26 heavy (non-hydrogen) atoms. The first-order chi connectivity index (χ1) is 12.4. The van der Waals surface area contributed by atoms with Gasteiger partial charge in [-0.3, -0.25) is 4.99 Å². The molecule has 0 amide bonds. The Morgan fingerprint density at radius 1 is 1.12 bits per heavy atom. The van der Waals surface area contributed by atoms with E-state index in [-0.39, 0.29) is 39.3 Å². The highest BCUT2D eigenvalue weighted by Crippen LogP contribution is 2.30. The molecule has 0 N–H and O–H groups in total. The van der Waals surface area contributed by atoms with Gasteiger partial charge in [0.1, 0.15) is 5.82 Å². The first-order valence-corrected chi connectivity index (χ1v) is 9.95. The number of aliphatic imine (C=N–C) groups is 1. The number of halogens is 3. The maximum Gasteiger partial charge on any atom is 0.243 e. The van der Waals surface area contributed by atoms with Crippen LogP contribution in [0.25, 0.3) is 0 Å². The summed E-state index contributed by atoms with van der Waals surface area (Å²) in [7, 11) is -3.68. The molecule has 1 fully saturated rings. The molecule has 2 aromatic carbocycles. The summed E-state index contributed by atoms with van der Waals surface area (Å²) >= 11 is 12.1. The summed E-state index contributed by atoms with van der Waals surface area (Å²) in [6, 6.07) is 8.50. The van der Waals surface area contributed by atoms with Crippen molar-refractivity contribution in [3.8, 4) is 0 Å². The summed E-state index contributed by atoms with van der Waals surface area (Å²) in [5.41, 5.74) is 0.312. The Balaban J connectivity index is 1.94. The van der Waals surface area contributed by atoms with Gasteiger partial charge in [-0.05, 0) is 30.3 Å². The molecule has 9 heteroatoms. The second kappa shape index (κ2) is 8.02. The molecule has 0 spiro atoms. The minimum atomic E-state index is -3.68. The van der Waals surface area contributed by atoms with E-state index >= 15 is 0 Å². The van der Waals surface area contributed by atoms with Gasteiger partial charge in [0.25, 0.3) is 0 Å². The van der Waals surface area contributed by atoms with E-state index in [1.54, 1.807) is 0 Å². The number of hydrogen-bond acceptors (Lipinski definition) is 4. The van der Waals surface area contributed by atoms with Gasteiger partial charge in [0, 0.05) is 24.9 Å². The molecule has 0 unspecified atom stereocenters. The lowest BCUT2D eigenvalue weighted by Gasteiger charge is -2.26. The van der Waals surface area contributed by atoms with Crippen LogP contribution < -0.4 is 0 Å². The van der Waals surface area contributed by atoms with Crippen LogP contribution in [0, 0.1) is 5.82 Å². The van der Waals surface area contributed by atoms with Crippen molar-refractivity contribution in [1.29, 1.82) is 0 Å². The highest BCUT2D eigenvalue weighted by molar-refractivity contribution is 7.89. The smallest absolute Gasteiger partial charge is 0.243 e. The standard InChI is InChI=1S/C17H15Cl2FN2O3S/c18-14-2-1-3-16(20)13(14)11-21-17-10-12(4-5-15(17)19)26(23,24)22-6-8-25-9-7-22/h1-5,10-11H,6-9H2. The predicted octanol–water partition coefficient (Wildman–Crippen LogP) is 3.90. The van der Waals surface area contributed by atoms with Gasteiger partial charge in [-0.2, -0.15) is 4.31 Å². The Morgan fingerprint density at radius 3 is 2.54 bits per heavy atom. The van der Waals surface area contributed by atoms with Crippen LogP contribution in [0.4, 0.5) is 10.1 Å². The number of rotatable bonds is 4. The number of benzene rings is 2. The third-order valence-electron chi connectivity index (χ3n) is 3.86. The van der Waals surface area contributed by atoms with Crippen LogP contribution in [0.3, 0.4) is 0 Å². The molecule has 0 atom stereocenters. The zero-order valence-electron chi connectivity index (χ0n) is 13.5. The third-order valence-corrected chi connectivity index (χ3v) is 6.40. The number of hydrogen-bond donors (Lipinski definition) is 0. The molecule has 2 aromatic rings. The van der Waals surface area contributed by atoms with E-state index in [0.717, 1.165) is 0 Å². The third kappa shape index (κ3) is 4.07. The number of morpholine rings is 1. The average Bonchev–Trinajstić information content (AvgIpc) is 2.63. The van der Waals surface area contributed by atoms with Crippen LogP contribution in [0.1, 0.15) is 5.56 Å². The molecule has 0 radical (unpaired) electrons. The maximum absolute atomic E-state index is 13.8. The molecule has 1 saturated heterocycles. The van der Waals surface area contributed by atoms with Crippen LogP contribution in [-0.2, 0) is 14.8 Å². The summed E-state index contributed by atoms with van der Waals surface area (Å²) in [6.07, 6.45) is 1.23. The van der Waals surface area contributed by atoms with E-state index in [2.05, 4.69) is 4.99 Å². The van der Waals surface area contributed by atoms with Gasteiger partial charge in [-0.25, -0.2) is 12.8 Å². The van der Waals surface area contributed by atoms with Crippen molar-refractivity contribution in [2.24, 2.45) is 4.99 Å². The van der Waals surface area contributed by atoms with Crippen LogP contribution >= 0.6 is 23.2 Å². The van der Waals surface area contributed by atoms with Crippen molar-refractivity contribution in [3.05, 3.63) is 57.8 Å². The Labute approximate surface area is 161 Å². The fraction of sp³-hybridized carbons (Fsp3) is 0.235. The topological polar surface area (TPSA) is 59.0 Å². The zero-order chi connectivity index (χ0) is 18.7. The second-order valence-corrected chi connectivity index (χ2v) is 8.28. The van der Waals surface area contributed by atoms with Gasteiger partial charge in [0.05, 0.1) is 33.8 Å². The molecular formula is C17H15Cl2FN2O3S. The van der Waals surface area contributed by atoms with Crippen LogP contribution in [0.15, 0.2) is 46.3 Å². The molecule has 1 heterocycles. The summed E-state index contributed by atoms with van der Waals surface area (Å²) in [5.74, 6) is -0.533. The van der Waals surface area contributed by atoms with Gasteiger partial charge in [-0.1, -0.05) is 29.3 Å². The average molecular weight is 417 g/mol. The molecule has 0 aliphatic carbocycles. The Bertz CT molecular complexity index is 925. The summed E-state index contributed by atoms with van der Waals surface area (Å²) in [4.78, 5) is 4.19. The largest absolute Gasteiger partial charge is 0.379 e. The van der Waals surface area contributed by atoms with Gasteiger partial charge < -0.3 is 4.74 Å². The Kier molecular flexibility index (Phi) is 5.94. The first-order valence-electron chi connectivity index (χ1n) is 7.75. The summed E-state index contributed by atoms with van der Waals surface area (Å²) in [5, 5.41) is 0.441. The highest BCUT2D eigenvalue weighted by Gasteiger charge is 2.26. The van der Waals surface area contributed by atoms with E-state index in [1.807, 2.05) is 0 Å². The highest BCUT2D eigenvalue weighted by atomic mass is 35.5. The van der Waals surface area contributed by atoms with Crippen LogP contribution in [0.5, 0.6) is 0 Å². The normalized spacial score (nSPS) is 16.3. The predicted molar refractivity (Wildman–Crippen MR) is 99.7 cm³/mol. The SMILES string of the molecule is O=S(=O)(c1ccc(Cl)c(N=Cc2c(F)cccc2Cl)c1)N1CCOCC1. The van der Waals surface area contributed by atoms with Crippen molar-refractivity contribution in [1.82, 2.24) is 4.31 Å². The van der Waals surface area contributed by atoms with Crippen LogP contribution in [0.2, 0.25) is 10.0 Å². The molecule has 0 bridgehead atoms. The Hall–Kier alpha value is -1.51. The molecule has 0 aromatic heterocycles. The van der Waals surface area contributed by atoms with Crippen molar-refractivity contribution < 1.29 is 17.5 Å². The van der Waals surface area contributed by atoms with Crippen molar-refractivity contribution in [2.75, 3.05) is 26.3 Å². The van der Waals surface area contributed by atoms with Gasteiger partial charge in [0.15, 0.2) is 0 Å². The fourth-order valence-corrected chi connectivity index (χ4v) is 4.26. The van der Waals surface area contributed by atoms with E-state index in [9.17, 15) is 12.8 Å². The monoisotopic (exact) mass is 416 g/mol. The molecule has 0 saturated carbocycles. The van der Waals surface area contributed by atoms with Crippen molar-refractivity contribution >= 4 is 45.1 Å². The molecular weight excluding hydrogens is 402 g/mol. The second-order valence-electron chi connectivity index (χ2n) is 5.52. The molecule has 1 aliphatic heterocycles. The minimum absolute atomic E-state index is 0.0654. The van der Waals surface area contributed by atoms with E-state index in [4.69, 9.17) is 27.9 Å². The fourth-order valence-electron chi connectivity index (χ4n) is 2.46. The van der Waals surface area contributed by atoms with Crippen molar-refractivity contribution in [3.63, 3.8) is 0 Å². The first kappa shape index (κ1) is 19.3. The molecule has 5 nitrogen and oxygen atoms in total. The van der Waals surface area contributed by atoms with E-state index in [0.29, 0.717) is 13.2 Å². The number of sulfonamides is 1. The summed E-state index contributed by atoms with van der Waals surface area (Å²) < 4.78 is 45.8. The lowest BCUT2D eigenvalue weighted by Crippen LogP contribution is -2.40. The molecule has 138 valence electrons. The van der Waals surface area contributed by atoms with Gasteiger partial charge in [0.2, 0.25) is 10.0 Å². The van der Waals surface area contributed by atoms with Gasteiger partial charge in [-0.15, -0.1) is 0 Å². The number of nitrogens with zero attached hydrogens (tertiary/aromatic N) is 2.